The predicted octanol–water partition coefficient (Wildman–Crippen LogP) is 1.83. The summed E-state index contributed by atoms with van der Waals surface area (Å²) in [5, 5.41) is 11.0. The number of anilines is 1. The van der Waals surface area contributed by atoms with Gasteiger partial charge in [0.1, 0.15) is 17.8 Å². The second-order valence-corrected chi connectivity index (χ2v) is 12.8. The van der Waals surface area contributed by atoms with Crippen LogP contribution < -0.4 is 33.1 Å². The predicted molar refractivity (Wildman–Crippen MR) is 185 cm³/mol. The standard InChI is InChI=1S/C33H50N12O4/c1-2-3-18-48-32-39-29(35)28-30(40-32)45(33(47)38-28)20-25-9-7-24(8-10-25)19-43-16-12-23(13-17-43)11-14-37-31(46)27(34)6-4-5-15-44-21-26(22-49-36)41-42-44/h7-10,21,23,27H,2-6,11-20,22,34,36H2,1H3,(H,37,46)(H,38,47)(H2,35,39,40)/t27-/m0/s1. The van der Waals surface area contributed by atoms with Crippen molar-refractivity contribution in [3.8, 4) is 6.01 Å². The van der Waals surface area contributed by atoms with Gasteiger partial charge in [-0.2, -0.15) is 9.97 Å². The van der Waals surface area contributed by atoms with Gasteiger partial charge in [0.15, 0.2) is 11.5 Å². The zero-order chi connectivity index (χ0) is 34.6. The molecule has 16 nitrogen and oxygen atoms in total. The Hall–Kier alpha value is -4.38. The molecule has 1 aliphatic heterocycles. The van der Waals surface area contributed by atoms with Gasteiger partial charge in [-0.05, 0) is 75.1 Å². The molecule has 3 aromatic heterocycles. The van der Waals surface area contributed by atoms with Gasteiger partial charge in [0.2, 0.25) is 5.91 Å². The molecule has 0 bridgehead atoms. The van der Waals surface area contributed by atoms with Crippen LogP contribution in [0.15, 0.2) is 35.3 Å². The molecular weight excluding hydrogens is 628 g/mol. The number of unbranched alkanes of at least 4 members (excludes halogenated alkanes) is 2. The first kappa shape index (κ1) is 35.9. The first-order valence-electron chi connectivity index (χ1n) is 17.3. The number of fused-ring (bicyclic) bond motifs is 1. The summed E-state index contributed by atoms with van der Waals surface area (Å²) in [6, 6.07) is 8.00. The molecule has 1 amide bonds. The molecule has 49 heavy (non-hydrogen) atoms. The number of likely N-dealkylation sites (tertiary alicyclic amines) is 1. The van der Waals surface area contributed by atoms with Crippen molar-refractivity contribution in [3.63, 3.8) is 0 Å². The van der Waals surface area contributed by atoms with Crippen LogP contribution in [0.25, 0.3) is 11.2 Å². The molecule has 16 heteroatoms. The van der Waals surface area contributed by atoms with Crippen LogP contribution in [-0.4, -0.2) is 77.6 Å². The summed E-state index contributed by atoms with van der Waals surface area (Å²) < 4.78 is 8.95. The van der Waals surface area contributed by atoms with E-state index in [0.717, 1.165) is 70.1 Å². The fourth-order valence-electron chi connectivity index (χ4n) is 6.07. The van der Waals surface area contributed by atoms with Crippen LogP contribution in [0.4, 0.5) is 5.82 Å². The number of aryl methyl sites for hydroxylation is 1. The highest BCUT2D eigenvalue weighted by atomic mass is 16.6. The molecule has 1 atom stereocenters. The Morgan fingerprint density at radius 2 is 1.86 bits per heavy atom. The van der Waals surface area contributed by atoms with E-state index in [1.165, 1.54) is 5.56 Å². The quantitative estimate of drug-likeness (QED) is 0.0708. The number of imidazole rings is 1. The van der Waals surface area contributed by atoms with Crippen LogP contribution in [-0.2, 0) is 35.9 Å². The molecular formula is C33H50N12O4. The SMILES string of the molecule is CCCCOc1nc(N)c2[nH]c(=O)n(Cc3ccc(CN4CCC(CCNC(=O)[C@@H](N)CCCCn5cc(CON)nn5)CC4)cc3)c2n1. The minimum absolute atomic E-state index is 0.0860. The van der Waals surface area contributed by atoms with E-state index in [-0.39, 0.29) is 30.0 Å². The molecule has 1 aromatic carbocycles. The van der Waals surface area contributed by atoms with Gasteiger partial charge < -0.3 is 26.5 Å². The molecule has 4 heterocycles. The number of nitrogen functional groups attached to an aromatic ring is 1. The fraction of sp³-hybridized carbons (Fsp3) is 0.576. The third-order valence-electron chi connectivity index (χ3n) is 8.99. The summed E-state index contributed by atoms with van der Waals surface area (Å²) in [6.07, 6.45) is 9.12. The summed E-state index contributed by atoms with van der Waals surface area (Å²) in [4.78, 5) is 43.7. The Kier molecular flexibility index (Phi) is 13.1. The van der Waals surface area contributed by atoms with Gasteiger partial charge >= 0.3 is 11.7 Å². The van der Waals surface area contributed by atoms with Gasteiger partial charge in [-0.1, -0.05) is 42.8 Å². The number of H-pyrrole nitrogens is 1. The lowest BCUT2D eigenvalue weighted by molar-refractivity contribution is -0.122. The Morgan fingerprint density at radius 1 is 1.10 bits per heavy atom. The summed E-state index contributed by atoms with van der Waals surface area (Å²) >= 11 is 0. The van der Waals surface area contributed by atoms with Crippen molar-refractivity contribution in [2.24, 2.45) is 17.5 Å². The molecule has 0 unspecified atom stereocenters. The number of nitrogens with one attached hydrogen (secondary N) is 2. The molecule has 0 aliphatic carbocycles. The lowest BCUT2D eigenvalue weighted by Crippen LogP contribution is -2.41. The minimum Gasteiger partial charge on any atom is -0.463 e. The number of nitrogens with two attached hydrogens (primary N) is 3. The van der Waals surface area contributed by atoms with E-state index in [1.807, 2.05) is 0 Å². The van der Waals surface area contributed by atoms with Crippen LogP contribution >= 0.6 is 0 Å². The molecule has 0 saturated carbocycles. The number of ether oxygens (including phenoxy) is 1. The van der Waals surface area contributed by atoms with Crippen LogP contribution in [0.3, 0.4) is 0 Å². The lowest BCUT2D eigenvalue weighted by Gasteiger charge is -2.32. The number of carbonyl (C=O) groups excluding carboxylic acids is 1. The number of nitrogens with zero attached hydrogens (tertiary/aromatic N) is 7. The number of amides is 1. The number of hydrogen-bond acceptors (Lipinski definition) is 12. The molecule has 1 fully saturated rings. The van der Waals surface area contributed by atoms with Crippen molar-refractivity contribution in [2.75, 3.05) is 32.0 Å². The normalized spacial score (nSPS) is 14.8. The Labute approximate surface area is 285 Å². The van der Waals surface area contributed by atoms with Crippen LogP contribution in [0.1, 0.15) is 75.1 Å². The number of hydrogen-bond donors (Lipinski definition) is 5. The van der Waals surface area contributed by atoms with Crippen LogP contribution in [0.2, 0.25) is 0 Å². The molecule has 4 aromatic rings. The van der Waals surface area contributed by atoms with Gasteiger partial charge in [0.25, 0.3) is 0 Å². The maximum absolute atomic E-state index is 12.8. The van der Waals surface area contributed by atoms with E-state index < -0.39 is 6.04 Å². The fourth-order valence-corrected chi connectivity index (χ4v) is 6.07. The van der Waals surface area contributed by atoms with Gasteiger partial charge in [-0.3, -0.25) is 23.8 Å². The second kappa shape index (κ2) is 17.9. The first-order chi connectivity index (χ1) is 23.8. The van der Waals surface area contributed by atoms with E-state index >= 15 is 0 Å². The van der Waals surface area contributed by atoms with Crippen LogP contribution in [0.5, 0.6) is 6.01 Å². The lowest BCUT2D eigenvalue weighted by atomic mass is 9.93. The number of aromatic amines is 1. The maximum Gasteiger partial charge on any atom is 0.328 e. The van der Waals surface area contributed by atoms with E-state index in [1.54, 1.807) is 15.4 Å². The van der Waals surface area contributed by atoms with Gasteiger partial charge in [0.05, 0.1) is 25.4 Å². The summed E-state index contributed by atoms with van der Waals surface area (Å²) in [7, 11) is 0. The summed E-state index contributed by atoms with van der Waals surface area (Å²) in [5.74, 6) is 5.75. The highest BCUT2D eigenvalue weighted by Gasteiger charge is 2.21. The van der Waals surface area contributed by atoms with E-state index in [4.69, 9.17) is 22.1 Å². The smallest absolute Gasteiger partial charge is 0.328 e. The van der Waals surface area contributed by atoms with Gasteiger partial charge in [-0.15, -0.1) is 5.10 Å². The number of piperidine rings is 1. The summed E-state index contributed by atoms with van der Waals surface area (Å²) in [6.45, 7) is 7.40. The van der Waals surface area contributed by atoms with E-state index in [9.17, 15) is 9.59 Å². The highest BCUT2D eigenvalue weighted by Crippen LogP contribution is 2.22. The van der Waals surface area contributed by atoms with Crippen molar-refractivity contribution >= 4 is 22.9 Å². The highest BCUT2D eigenvalue weighted by molar-refractivity contribution is 5.82. The van der Waals surface area contributed by atoms with Crippen LogP contribution in [0, 0.1) is 5.92 Å². The largest absolute Gasteiger partial charge is 0.463 e. The number of rotatable bonds is 19. The average molecular weight is 679 g/mol. The van der Waals surface area contributed by atoms with Gasteiger partial charge in [0, 0.05) is 19.6 Å². The molecule has 0 spiro atoms. The van der Waals surface area contributed by atoms with Crippen molar-refractivity contribution in [1.29, 1.82) is 0 Å². The molecule has 8 N–H and O–H groups in total. The zero-order valence-corrected chi connectivity index (χ0v) is 28.4. The monoisotopic (exact) mass is 678 g/mol. The van der Waals surface area contributed by atoms with Crippen molar-refractivity contribution in [2.45, 2.75) is 90.6 Å². The topological polar surface area (TPSA) is 223 Å². The third-order valence-corrected chi connectivity index (χ3v) is 8.99. The average Bonchev–Trinajstić information content (AvgIpc) is 3.68. The van der Waals surface area contributed by atoms with E-state index in [2.05, 4.69) is 71.5 Å². The Bertz CT molecular complexity index is 1680. The molecule has 266 valence electrons. The zero-order valence-electron chi connectivity index (χ0n) is 28.4. The number of aromatic nitrogens is 7. The molecule has 5 rings (SSSR count). The van der Waals surface area contributed by atoms with Crippen molar-refractivity contribution in [1.82, 2.24) is 44.7 Å². The van der Waals surface area contributed by atoms with Crippen molar-refractivity contribution in [3.05, 3.63) is 57.8 Å². The molecule has 1 aliphatic rings. The number of carbonyl (C=O) groups is 1. The molecule has 0 radical (unpaired) electrons. The molecule has 1 saturated heterocycles. The minimum atomic E-state index is -0.510. The number of benzene rings is 1. The first-order valence-corrected chi connectivity index (χ1v) is 17.3. The third kappa shape index (κ3) is 10.3. The Morgan fingerprint density at radius 3 is 2.59 bits per heavy atom. The maximum atomic E-state index is 12.8. The van der Waals surface area contributed by atoms with Crippen molar-refractivity contribution < 1.29 is 14.4 Å². The summed E-state index contributed by atoms with van der Waals surface area (Å²) in [5.41, 5.74) is 15.7. The van der Waals surface area contributed by atoms with Gasteiger partial charge in [-0.25, -0.2) is 10.7 Å². The second-order valence-electron chi connectivity index (χ2n) is 12.8. The van der Waals surface area contributed by atoms with E-state index in [0.29, 0.717) is 55.4 Å². The Balaban J connectivity index is 0.992.